The van der Waals surface area contributed by atoms with Crippen LogP contribution in [-0.2, 0) is 0 Å². The van der Waals surface area contributed by atoms with Gasteiger partial charge in [-0.05, 0) is 56.9 Å². The number of piperidine rings is 1. The van der Waals surface area contributed by atoms with Gasteiger partial charge in [0.1, 0.15) is 0 Å². The summed E-state index contributed by atoms with van der Waals surface area (Å²) in [4.78, 5) is 18.2. The summed E-state index contributed by atoms with van der Waals surface area (Å²) in [5, 5.41) is 10.2. The van der Waals surface area contributed by atoms with Crippen molar-refractivity contribution in [3.63, 3.8) is 0 Å². The smallest absolute Gasteiger partial charge is 0.335 e. The Balaban J connectivity index is 2.14. The summed E-state index contributed by atoms with van der Waals surface area (Å²) in [5.41, 5.74) is 3.20. The fraction of sp³-hybridized carbons (Fsp3) is 0.444. The van der Waals surface area contributed by atoms with Gasteiger partial charge in [0.15, 0.2) is 0 Å². The van der Waals surface area contributed by atoms with Crippen molar-refractivity contribution in [3.05, 3.63) is 35.5 Å². The van der Waals surface area contributed by atoms with Gasteiger partial charge in [0.2, 0.25) is 0 Å². The summed E-state index contributed by atoms with van der Waals surface area (Å²) in [5.74, 6) is -0.906. The second kappa shape index (κ2) is 5.95. The van der Waals surface area contributed by atoms with Crippen LogP contribution in [-0.4, -0.2) is 28.6 Å². The zero-order valence-corrected chi connectivity index (χ0v) is 13.2. The van der Waals surface area contributed by atoms with E-state index in [0.717, 1.165) is 29.6 Å². The molecular formula is C18H22N2O2. The highest BCUT2D eigenvalue weighted by Gasteiger charge is 2.23. The van der Waals surface area contributed by atoms with Crippen molar-refractivity contribution < 1.29 is 9.90 Å². The van der Waals surface area contributed by atoms with Gasteiger partial charge in [0.05, 0.1) is 11.1 Å². The molecule has 2 heterocycles. The Bertz CT molecular complexity index is 712. The lowest BCUT2D eigenvalue weighted by atomic mass is 9.98. The molecule has 1 saturated heterocycles. The quantitative estimate of drug-likeness (QED) is 0.930. The predicted molar refractivity (Wildman–Crippen MR) is 88.7 cm³/mol. The van der Waals surface area contributed by atoms with Crippen molar-refractivity contribution in [1.82, 2.24) is 4.98 Å². The van der Waals surface area contributed by atoms with E-state index in [9.17, 15) is 9.90 Å². The maximum Gasteiger partial charge on any atom is 0.335 e. The summed E-state index contributed by atoms with van der Waals surface area (Å²) in [6, 6.07) is 7.96. The Morgan fingerprint density at radius 1 is 1.36 bits per heavy atom. The molecule has 4 heteroatoms. The predicted octanol–water partition coefficient (Wildman–Crippen LogP) is 4.01. The molecule has 0 saturated carbocycles. The van der Waals surface area contributed by atoms with Gasteiger partial charge in [-0.15, -0.1) is 0 Å². The number of anilines is 1. The minimum atomic E-state index is -0.906. The number of aromatic nitrogens is 1. The Labute approximate surface area is 130 Å². The van der Waals surface area contributed by atoms with Crippen LogP contribution in [0.5, 0.6) is 0 Å². The van der Waals surface area contributed by atoms with Crippen molar-refractivity contribution in [3.8, 4) is 0 Å². The monoisotopic (exact) mass is 298 g/mol. The number of hydrogen-bond acceptors (Lipinski definition) is 3. The molecular weight excluding hydrogens is 276 g/mol. The topological polar surface area (TPSA) is 53.4 Å². The Hall–Kier alpha value is -2.10. The van der Waals surface area contributed by atoms with Crippen LogP contribution in [0.1, 0.15) is 48.7 Å². The molecule has 1 aromatic heterocycles. The Kier molecular flexibility index (Phi) is 4.01. The molecule has 1 fully saturated rings. The first-order chi connectivity index (χ1) is 10.6. The molecule has 1 atom stereocenters. The number of carboxylic acids is 1. The van der Waals surface area contributed by atoms with Crippen LogP contribution in [0, 0.1) is 6.92 Å². The van der Waals surface area contributed by atoms with E-state index in [1.807, 2.05) is 13.0 Å². The third-order valence-corrected chi connectivity index (χ3v) is 4.57. The first-order valence-electron chi connectivity index (χ1n) is 8.01. The van der Waals surface area contributed by atoms with Crippen LogP contribution in [0.2, 0.25) is 0 Å². The van der Waals surface area contributed by atoms with E-state index in [-0.39, 0.29) is 0 Å². The van der Waals surface area contributed by atoms with Gasteiger partial charge < -0.3 is 10.0 Å². The van der Waals surface area contributed by atoms with E-state index in [4.69, 9.17) is 0 Å². The summed E-state index contributed by atoms with van der Waals surface area (Å²) in [7, 11) is 0. The zero-order chi connectivity index (χ0) is 15.7. The summed E-state index contributed by atoms with van der Waals surface area (Å²) in [6.07, 6.45) is 4.87. The van der Waals surface area contributed by atoms with Gasteiger partial charge >= 0.3 is 5.97 Å². The number of pyridine rings is 1. The average Bonchev–Trinajstić information content (AvgIpc) is 2.53. The number of benzene rings is 1. The number of aromatic carboxylic acids is 1. The van der Waals surface area contributed by atoms with E-state index in [0.29, 0.717) is 11.6 Å². The Morgan fingerprint density at radius 2 is 2.18 bits per heavy atom. The lowest BCUT2D eigenvalue weighted by Crippen LogP contribution is -2.39. The minimum Gasteiger partial charge on any atom is -0.478 e. The lowest BCUT2D eigenvalue weighted by molar-refractivity contribution is 0.0697. The lowest BCUT2D eigenvalue weighted by Gasteiger charge is -2.38. The molecule has 2 aromatic rings. The van der Waals surface area contributed by atoms with Crippen molar-refractivity contribution in [2.45, 2.75) is 45.6 Å². The number of rotatable bonds is 3. The molecule has 0 bridgehead atoms. The first kappa shape index (κ1) is 14.8. The number of carbonyl (C=O) groups is 1. The fourth-order valence-electron chi connectivity index (χ4n) is 3.45. The van der Waals surface area contributed by atoms with E-state index in [2.05, 4.69) is 22.9 Å². The molecule has 1 aromatic carbocycles. The van der Waals surface area contributed by atoms with Crippen molar-refractivity contribution >= 4 is 22.6 Å². The van der Waals surface area contributed by atoms with Crippen molar-refractivity contribution in [2.75, 3.05) is 11.4 Å². The normalized spacial score (nSPS) is 18.6. The van der Waals surface area contributed by atoms with Crippen LogP contribution < -0.4 is 4.90 Å². The largest absolute Gasteiger partial charge is 0.478 e. The third kappa shape index (κ3) is 2.65. The van der Waals surface area contributed by atoms with Crippen LogP contribution in [0.4, 0.5) is 5.69 Å². The van der Waals surface area contributed by atoms with Gasteiger partial charge in [-0.3, -0.25) is 4.98 Å². The highest BCUT2D eigenvalue weighted by atomic mass is 16.4. The van der Waals surface area contributed by atoms with Crippen LogP contribution >= 0.6 is 0 Å². The molecule has 1 aliphatic rings. The second-order valence-electron chi connectivity index (χ2n) is 6.07. The molecule has 0 unspecified atom stereocenters. The number of hydrogen-bond donors (Lipinski definition) is 1. The third-order valence-electron chi connectivity index (χ3n) is 4.57. The minimum absolute atomic E-state index is 0.294. The van der Waals surface area contributed by atoms with Crippen LogP contribution in [0.3, 0.4) is 0 Å². The zero-order valence-electron chi connectivity index (χ0n) is 13.2. The van der Waals surface area contributed by atoms with Crippen molar-refractivity contribution in [2.24, 2.45) is 0 Å². The molecule has 1 aliphatic heterocycles. The Morgan fingerprint density at radius 3 is 2.91 bits per heavy atom. The van der Waals surface area contributed by atoms with Gasteiger partial charge in [-0.1, -0.05) is 6.92 Å². The summed E-state index contributed by atoms with van der Waals surface area (Å²) in [6.45, 7) is 5.28. The molecule has 1 N–H and O–H groups in total. The van der Waals surface area contributed by atoms with E-state index < -0.39 is 5.97 Å². The van der Waals surface area contributed by atoms with Gasteiger partial charge in [-0.25, -0.2) is 4.79 Å². The highest BCUT2D eigenvalue weighted by Crippen LogP contribution is 2.33. The number of nitrogens with zero attached hydrogens (tertiary/aromatic N) is 2. The molecule has 3 rings (SSSR count). The van der Waals surface area contributed by atoms with Crippen LogP contribution in [0.15, 0.2) is 24.3 Å². The number of carboxylic acid groups (broad SMARTS) is 1. The average molecular weight is 298 g/mol. The maximum absolute atomic E-state index is 11.2. The molecule has 0 amide bonds. The van der Waals surface area contributed by atoms with E-state index in [1.165, 1.54) is 24.9 Å². The van der Waals surface area contributed by atoms with Gasteiger partial charge in [-0.2, -0.15) is 0 Å². The highest BCUT2D eigenvalue weighted by molar-refractivity contribution is 5.98. The van der Waals surface area contributed by atoms with Crippen molar-refractivity contribution in [1.29, 1.82) is 0 Å². The SMILES string of the molecule is CC[C@H]1CCCCN1c1cc(C)nc2cc(C(=O)O)ccc12. The van der Waals surface area contributed by atoms with E-state index in [1.54, 1.807) is 12.1 Å². The fourth-order valence-corrected chi connectivity index (χ4v) is 3.45. The number of aryl methyl sites for hydroxylation is 1. The molecule has 116 valence electrons. The maximum atomic E-state index is 11.2. The standard InChI is InChI=1S/C18H22N2O2/c1-3-14-6-4-5-9-20(14)17-10-12(2)19-16-11-13(18(21)22)7-8-15(16)17/h7-8,10-11,14H,3-6,9H2,1-2H3,(H,21,22)/t14-/m0/s1. The summed E-state index contributed by atoms with van der Waals surface area (Å²) >= 11 is 0. The molecule has 22 heavy (non-hydrogen) atoms. The molecule has 0 spiro atoms. The van der Waals surface area contributed by atoms with Gasteiger partial charge in [0, 0.05) is 29.4 Å². The molecule has 0 aliphatic carbocycles. The first-order valence-corrected chi connectivity index (χ1v) is 8.01. The number of fused-ring (bicyclic) bond motifs is 1. The molecule has 4 nitrogen and oxygen atoms in total. The van der Waals surface area contributed by atoms with E-state index >= 15 is 0 Å². The van der Waals surface area contributed by atoms with Crippen LogP contribution in [0.25, 0.3) is 10.9 Å². The summed E-state index contributed by atoms with van der Waals surface area (Å²) < 4.78 is 0. The van der Waals surface area contributed by atoms with Gasteiger partial charge in [0.25, 0.3) is 0 Å². The second-order valence-corrected chi connectivity index (χ2v) is 6.07. The molecule has 0 radical (unpaired) electrons.